The van der Waals surface area contributed by atoms with Crippen molar-refractivity contribution >= 4 is 17.3 Å². The monoisotopic (exact) mass is 288 g/mol. The van der Waals surface area contributed by atoms with E-state index >= 15 is 0 Å². The minimum absolute atomic E-state index is 0.0462. The number of hydrogen-bond donors (Lipinski definition) is 2. The van der Waals surface area contributed by atoms with E-state index < -0.39 is 0 Å². The summed E-state index contributed by atoms with van der Waals surface area (Å²) in [6.07, 6.45) is 3.92. The van der Waals surface area contributed by atoms with Gasteiger partial charge in [0.05, 0.1) is 6.54 Å². The first-order valence-corrected chi connectivity index (χ1v) is 7.82. The zero-order valence-corrected chi connectivity index (χ0v) is 12.4. The van der Waals surface area contributed by atoms with Crippen molar-refractivity contribution < 1.29 is 4.79 Å². The summed E-state index contributed by atoms with van der Waals surface area (Å²) < 4.78 is 0. The quantitative estimate of drug-likeness (QED) is 0.825. The number of rotatable bonds is 3. The SMILES string of the molecule is Nc1cccc(NC(=O)CN2CCN3CCCCC3C2)c1. The molecule has 0 radical (unpaired) electrons. The molecule has 2 aliphatic rings. The number of piperidine rings is 1. The van der Waals surface area contributed by atoms with Crippen LogP contribution in [0, 0.1) is 0 Å². The maximum atomic E-state index is 12.1. The summed E-state index contributed by atoms with van der Waals surface area (Å²) in [4.78, 5) is 17.0. The van der Waals surface area contributed by atoms with E-state index in [4.69, 9.17) is 5.73 Å². The lowest BCUT2D eigenvalue weighted by Gasteiger charge is -2.43. The first-order chi connectivity index (χ1) is 10.2. The molecule has 1 aromatic carbocycles. The van der Waals surface area contributed by atoms with Crippen molar-refractivity contribution in [1.82, 2.24) is 9.80 Å². The van der Waals surface area contributed by atoms with Crippen LogP contribution in [-0.4, -0.2) is 54.5 Å². The van der Waals surface area contributed by atoms with Gasteiger partial charge in [0.15, 0.2) is 0 Å². The highest BCUT2D eigenvalue weighted by Gasteiger charge is 2.29. The number of carbonyl (C=O) groups excluding carboxylic acids is 1. The number of fused-ring (bicyclic) bond motifs is 1. The van der Waals surface area contributed by atoms with Crippen LogP contribution in [0.3, 0.4) is 0 Å². The molecule has 2 aliphatic heterocycles. The molecule has 1 aromatic rings. The highest BCUT2D eigenvalue weighted by molar-refractivity contribution is 5.92. The lowest BCUT2D eigenvalue weighted by molar-refractivity contribution is -0.118. The lowest BCUT2D eigenvalue weighted by atomic mass is 9.99. The summed E-state index contributed by atoms with van der Waals surface area (Å²) in [6, 6.07) is 7.97. The third-order valence-corrected chi connectivity index (χ3v) is 4.46. The molecule has 5 heteroatoms. The zero-order valence-electron chi connectivity index (χ0n) is 12.4. The minimum atomic E-state index is 0.0462. The van der Waals surface area contributed by atoms with Crippen molar-refractivity contribution in [2.75, 3.05) is 43.8 Å². The molecule has 2 saturated heterocycles. The Balaban J connectivity index is 1.51. The Kier molecular flexibility index (Phi) is 4.41. The smallest absolute Gasteiger partial charge is 0.238 e. The highest BCUT2D eigenvalue weighted by Crippen LogP contribution is 2.21. The molecule has 114 valence electrons. The Morgan fingerprint density at radius 3 is 3.05 bits per heavy atom. The standard InChI is InChI=1S/C16H24N4O/c17-13-4-3-5-14(10-13)18-16(21)12-19-8-9-20-7-2-1-6-15(20)11-19/h3-5,10,15H,1-2,6-9,11-12,17H2,(H,18,21). The third-order valence-electron chi connectivity index (χ3n) is 4.46. The highest BCUT2D eigenvalue weighted by atomic mass is 16.2. The van der Waals surface area contributed by atoms with Gasteiger partial charge in [0.1, 0.15) is 0 Å². The Hall–Kier alpha value is -1.59. The second-order valence-electron chi connectivity index (χ2n) is 6.09. The van der Waals surface area contributed by atoms with E-state index in [-0.39, 0.29) is 5.91 Å². The van der Waals surface area contributed by atoms with E-state index in [1.54, 1.807) is 6.07 Å². The molecule has 1 amide bonds. The average molecular weight is 288 g/mol. The van der Waals surface area contributed by atoms with E-state index in [0.717, 1.165) is 25.3 Å². The van der Waals surface area contributed by atoms with Gasteiger partial charge in [0.2, 0.25) is 5.91 Å². The second kappa shape index (κ2) is 6.45. The predicted molar refractivity (Wildman–Crippen MR) is 85.1 cm³/mol. The molecule has 0 saturated carbocycles. The van der Waals surface area contributed by atoms with Gasteiger partial charge in [0, 0.05) is 37.1 Å². The minimum Gasteiger partial charge on any atom is -0.399 e. The zero-order chi connectivity index (χ0) is 14.7. The lowest BCUT2D eigenvalue weighted by Crippen LogP contribution is -2.55. The van der Waals surface area contributed by atoms with E-state index in [2.05, 4.69) is 15.1 Å². The van der Waals surface area contributed by atoms with Crippen molar-refractivity contribution in [3.63, 3.8) is 0 Å². The number of nitrogens with one attached hydrogen (secondary N) is 1. The maximum absolute atomic E-state index is 12.1. The van der Waals surface area contributed by atoms with E-state index in [1.807, 2.05) is 18.2 Å². The topological polar surface area (TPSA) is 61.6 Å². The summed E-state index contributed by atoms with van der Waals surface area (Å²) in [5.41, 5.74) is 7.17. The van der Waals surface area contributed by atoms with Crippen LogP contribution in [0.15, 0.2) is 24.3 Å². The van der Waals surface area contributed by atoms with Gasteiger partial charge in [-0.3, -0.25) is 14.6 Å². The van der Waals surface area contributed by atoms with Crippen LogP contribution < -0.4 is 11.1 Å². The van der Waals surface area contributed by atoms with Crippen molar-refractivity contribution in [3.8, 4) is 0 Å². The van der Waals surface area contributed by atoms with Gasteiger partial charge in [-0.2, -0.15) is 0 Å². The number of nitrogens with two attached hydrogens (primary N) is 1. The van der Waals surface area contributed by atoms with Gasteiger partial charge < -0.3 is 11.1 Å². The number of piperazine rings is 1. The van der Waals surface area contributed by atoms with Gasteiger partial charge in [-0.15, -0.1) is 0 Å². The molecule has 1 atom stereocenters. The molecule has 21 heavy (non-hydrogen) atoms. The molecule has 0 spiro atoms. The molecule has 2 fully saturated rings. The molecule has 5 nitrogen and oxygen atoms in total. The molecule has 3 rings (SSSR count). The van der Waals surface area contributed by atoms with Gasteiger partial charge in [-0.25, -0.2) is 0 Å². The van der Waals surface area contributed by atoms with E-state index in [1.165, 1.54) is 25.8 Å². The molecule has 0 aromatic heterocycles. The van der Waals surface area contributed by atoms with E-state index in [0.29, 0.717) is 18.3 Å². The summed E-state index contributed by atoms with van der Waals surface area (Å²) in [5.74, 6) is 0.0462. The van der Waals surface area contributed by atoms with Crippen molar-refractivity contribution in [2.24, 2.45) is 0 Å². The fraction of sp³-hybridized carbons (Fsp3) is 0.562. The third kappa shape index (κ3) is 3.74. The summed E-state index contributed by atoms with van der Waals surface area (Å²) in [7, 11) is 0. The van der Waals surface area contributed by atoms with Gasteiger partial charge >= 0.3 is 0 Å². The van der Waals surface area contributed by atoms with Crippen molar-refractivity contribution in [1.29, 1.82) is 0 Å². The summed E-state index contributed by atoms with van der Waals surface area (Å²) in [6.45, 7) is 4.80. The first kappa shape index (κ1) is 14.4. The van der Waals surface area contributed by atoms with Gasteiger partial charge in [0.25, 0.3) is 0 Å². The number of carbonyl (C=O) groups is 1. The second-order valence-corrected chi connectivity index (χ2v) is 6.09. The van der Waals surface area contributed by atoms with E-state index in [9.17, 15) is 4.79 Å². The number of nitrogens with zero attached hydrogens (tertiary/aromatic N) is 2. The molecule has 2 heterocycles. The molecular weight excluding hydrogens is 264 g/mol. The molecule has 1 unspecified atom stereocenters. The van der Waals surface area contributed by atoms with Crippen LogP contribution in [0.25, 0.3) is 0 Å². The van der Waals surface area contributed by atoms with Crippen molar-refractivity contribution in [2.45, 2.75) is 25.3 Å². The Labute approximate surface area is 126 Å². The van der Waals surface area contributed by atoms with Crippen molar-refractivity contribution in [3.05, 3.63) is 24.3 Å². The van der Waals surface area contributed by atoms with Crippen LogP contribution in [0.1, 0.15) is 19.3 Å². The number of hydrogen-bond acceptors (Lipinski definition) is 4. The van der Waals surface area contributed by atoms with Crippen LogP contribution in [-0.2, 0) is 4.79 Å². The Bertz CT molecular complexity index is 505. The molecule has 3 N–H and O–H groups in total. The Morgan fingerprint density at radius 2 is 2.19 bits per heavy atom. The van der Waals surface area contributed by atoms with Crippen LogP contribution in [0.4, 0.5) is 11.4 Å². The molecule has 0 bridgehead atoms. The number of anilines is 2. The van der Waals surface area contributed by atoms with Crippen LogP contribution in [0.5, 0.6) is 0 Å². The fourth-order valence-electron chi connectivity index (χ4n) is 3.38. The average Bonchev–Trinajstić information content (AvgIpc) is 2.47. The molecular formula is C16H24N4O. The normalized spacial score (nSPS) is 23.5. The Morgan fingerprint density at radius 1 is 1.29 bits per heavy atom. The number of amides is 1. The van der Waals surface area contributed by atoms with Crippen LogP contribution >= 0.6 is 0 Å². The number of benzene rings is 1. The maximum Gasteiger partial charge on any atom is 0.238 e. The van der Waals surface area contributed by atoms with Crippen LogP contribution in [0.2, 0.25) is 0 Å². The predicted octanol–water partition coefficient (Wildman–Crippen LogP) is 1.38. The molecule has 0 aliphatic carbocycles. The fourth-order valence-corrected chi connectivity index (χ4v) is 3.38. The number of nitrogen functional groups attached to an aromatic ring is 1. The van der Waals surface area contributed by atoms with Gasteiger partial charge in [-0.05, 0) is 37.6 Å². The first-order valence-electron chi connectivity index (χ1n) is 7.82. The largest absolute Gasteiger partial charge is 0.399 e. The summed E-state index contributed by atoms with van der Waals surface area (Å²) >= 11 is 0. The van der Waals surface area contributed by atoms with Gasteiger partial charge in [-0.1, -0.05) is 12.5 Å². The summed E-state index contributed by atoms with van der Waals surface area (Å²) in [5, 5.41) is 2.93.